The lowest BCUT2D eigenvalue weighted by molar-refractivity contribution is -0.117. The Balaban J connectivity index is 1.84. The Bertz CT molecular complexity index is 478. The van der Waals surface area contributed by atoms with E-state index in [1.807, 2.05) is 31.3 Å². The van der Waals surface area contributed by atoms with Gasteiger partial charge in [-0.15, -0.1) is 0 Å². The maximum atomic E-state index is 12.1. The fraction of sp³-hybridized carbons (Fsp3) is 0.562. The molecule has 1 aromatic rings. The van der Waals surface area contributed by atoms with Gasteiger partial charge in [-0.05, 0) is 31.5 Å². The van der Waals surface area contributed by atoms with Gasteiger partial charge in [-0.1, -0.05) is 13.0 Å². The number of ether oxygens (including phenoxy) is 1. The minimum absolute atomic E-state index is 0.0263. The Morgan fingerprint density at radius 2 is 2.29 bits per heavy atom. The number of methoxy groups -OCH3 is 1. The molecule has 1 saturated heterocycles. The van der Waals surface area contributed by atoms with Crippen LogP contribution in [-0.2, 0) is 4.79 Å². The number of anilines is 1. The molecule has 5 nitrogen and oxygen atoms in total. The number of piperidine rings is 1. The number of hydrogen-bond acceptors (Lipinski definition) is 4. The molecule has 5 heteroatoms. The largest absolute Gasteiger partial charge is 0.497 e. The van der Waals surface area contributed by atoms with Crippen molar-refractivity contribution < 1.29 is 9.53 Å². The highest BCUT2D eigenvalue weighted by atomic mass is 16.5. The number of nitrogens with one attached hydrogen (secondary N) is 2. The fourth-order valence-corrected chi connectivity index (χ4v) is 2.91. The van der Waals surface area contributed by atoms with Crippen LogP contribution in [0.15, 0.2) is 24.3 Å². The summed E-state index contributed by atoms with van der Waals surface area (Å²) in [6.45, 7) is 4.59. The van der Waals surface area contributed by atoms with Crippen molar-refractivity contribution in [1.82, 2.24) is 10.2 Å². The van der Waals surface area contributed by atoms with E-state index in [1.165, 1.54) is 0 Å². The maximum absolute atomic E-state index is 12.1. The van der Waals surface area contributed by atoms with Crippen LogP contribution >= 0.6 is 0 Å². The normalized spacial score (nSPS) is 22.8. The van der Waals surface area contributed by atoms with E-state index in [2.05, 4.69) is 22.5 Å². The van der Waals surface area contributed by atoms with Crippen molar-refractivity contribution in [2.45, 2.75) is 19.4 Å². The molecule has 2 atom stereocenters. The highest BCUT2D eigenvalue weighted by molar-refractivity contribution is 5.92. The molecule has 1 heterocycles. The summed E-state index contributed by atoms with van der Waals surface area (Å²) in [7, 11) is 3.63. The van der Waals surface area contributed by atoms with Crippen molar-refractivity contribution in [3.05, 3.63) is 24.3 Å². The summed E-state index contributed by atoms with van der Waals surface area (Å²) in [5.74, 6) is 1.34. The molecule has 1 aliphatic heterocycles. The molecule has 0 saturated carbocycles. The number of amides is 1. The lowest BCUT2D eigenvalue weighted by Crippen LogP contribution is -2.49. The van der Waals surface area contributed by atoms with Gasteiger partial charge >= 0.3 is 0 Å². The molecule has 2 unspecified atom stereocenters. The number of benzene rings is 1. The van der Waals surface area contributed by atoms with Gasteiger partial charge in [0.1, 0.15) is 5.75 Å². The fourth-order valence-electron chi connectivity index (χ4n) is 2.91. The summed E-state index contributed by atoms with van der Waals surface area (Å²) in [6, 6.07) is 7.99. The zero-order valence-corrected chi connectivity index (χ0v) is 13.1. The van der Waals surface area contributed by atoms with Gasteiger partial charge in [0.25, 0.3) is 0 Å². The highest BCUT2D eigenvalue weighted by Gasteiger charge is 2.25. The van der Waals surface area contributed by atoms with E-state index < -0.39 is 0 Å². The van der Waals surface area contributed by atoms with Crippen LogP contribution in [0.3, 0.4) is 0 Å². The van der Waals surface area contributed by atoms with Gasteiger partial charge in [-0.2, -0.15) is 0 Å². The number of hydrogen-bond donors (Lipinski definition) is 2. The van der Waals surface area contributed by atoms with Crippen molar-refractivity contribution >= 4 is 11.6 Å². The molecular formula is C16H25N3O2. The molecule has 1 amide bonds. The van der Waals surface area contributed by atoms with Crippen molar-refractivity contribution in [3.8, 4) is 5.75 Å². The Morgan fingerprint density at radius 3 is 2.95 bits per heavy atom. The van der Waals surface area contributed by atoms with Gasteiger partial charge in [0.15, 0.2) is 0 Å². The zero-order chi connectivity index (χ0) is 15.2. The van der Waals surface area contributed by atoms with Gasteiger partial charge in [0.2, 0.25) is 5.91 Å². The van der Waals surface area contributed by atoms with E-state index in [4.69, 9.17) is 4.74 Å². The highest BCUT2D eigenvalue weighted by Crippen LogP contribution is 2.18. The molecule has 2 N–H and O–H groups in total. The van der Waals surface area contributed by atoms with E-state index in [0.29, 0.717) is 18.5 Å². The lowest BCUT2D eigenvalue weighted by Gasteiger charge is -2.36. The van der Waals surface area contributed by atoms with Gasteiger partial charge < -0.3 is 15.4 Å². The van der Waals surface area contributed by atoms with Crippen LogP contribution in [-0.4, -0.2) is 50.6 Å². The Kier molecular flexibility index (Phi) is 5.59. The smallest absolute Gasteiger partial charge is 0.238 e. The van der Waals surface area contributed by atoms with E-state index in [-0.39, 0.29) is 5.91 Å². The minimum Gasteiger partial charge on any atom is -0.497 e. The second-order valence-electron chi connectivity index (χ2n) is 5.68. The monoisotopic (exact) mass is 291 g/mol. The number of nitrogens with zero attached hydrogens (tertiary/aromatic N) is 1. The molecule has 0 aromatic heterocycles. The average molecular weight is 291 g/mol. The number of rotatable bonds is 5. The van der Waals surface area contributed by atoms with E-state index in [0.717, 1.165) is 30.9 Å². The summed E-state index contributed by atoms with van der Waals surface area (Å²) < 4.78 is 5.16. The van der Waals surface area contributed by atoms with Crippen molar-refractivity contribution in [3.63, 3.8) is 0 Å². The molecule has 1 aliphatic rings. The molecule has 116 valence electrons. The first-order valence-corrected chi connectivity index (χ1v) is 7.46. The number of likely N-dealkylation sites (tertiary alicyclic amines) is 1. The first kappa shape index (κ1) is 15.8. The summed E-state index contributed by atoms with van der Waals surface area (Å²) in [4.78, 5) is 14.3. The van der Waals surface area contributed by atoms with Crippen molar-refractivity contribution in [1.29, 1.82) is 0 Å². The van der Waals surface area contributed by atoms with Gasteiger partial charge in [0.05, 0.1) is 13.7 Å². The molecule has 2 rings (SSSR count). The molecule has 1 fully saturated rings. The molecule has 0 aliphatic carbocycles. The number of carbonyl (C=O) groups excluding carboxylic acids is 1. The lowest BCUT2D eigenvalue weighted by atomic mass is 9.94. The van der Waals surface area contributed by atoms with Crippen molar-refractivity contribution in [2.24, 2.45) is 5.92 Å². The third-order valence-electron chi connectivity index (χ3n) is 4.08. The zero-order valence-electron chi connectivity index (χ0n) is 13.1. The summed E-state index contributed by atoms with van der Waals surface area (Å²) >= 11 is 0. The van der Waals surface area contributed by atoms with Crippen LogP contribution in [0.5, 0.6) is 5.75 Å². The molecule has 0 radical (unpaired) electrons. The molecule has 0 bridgehead atoms. The first-order valence-electron chi connectivity index (χ1n) is 7.46. The standard InChI is InChI=1S/C16H25N3O2/c1-12-10-19(8-7-15(12)17-2)11-16(20)18-13-5-4-6-14(9-13)21-3/h4-6,9,12,15,17H,7-8,10-11H2,1-3H3,(H,18,20). The van der Waals surface area contributed by atoms with E-state index >= 15 is 0 Å². The van der Waals surface area contributed by atoms with Crippen LogP contribution in [0.2, 0.25) is 0 Å². The SMILES string of the molecule is CNC1CCN(CC(=O)Nc2cccc(OC)c2)CC1C. The predicted octanol–water partition coefficient (Wildman–Crippen LogP) is 1.56. The Labute approximate surface area is 126 Å². The summed E-state index contributed by atoms with van der Waals surface area (Å²) in [6.07, 6.45) is 1.09. The second-order valence-corrected chi connectivity index (χ2v) is 5.68. The summed E-state index contributed by atoms with van der Waals surface area (Å²) in [5, 5.41) is 6.27. The van der Waals surface area contributed by atoms with E-state index in [9.17, 15) is 4.79 Å². The van der Waals surface area contributed by atoms with Crippen molar-refractivity contribution in [2.75, 3.05) is 39.1 Å². The van der Waals surface area contributed by atoms with E-state index in [1.54, 1.807) is 7.11 Å². The van der Waals surface area contributed by atoms with Gasteiger partial charge in [-0.3, -0.25) is 9.69 Å². The quantitative estimate of drug-likeness (QED) is 0.864. The van der Waals surface area contributed by atoms with Gasteiger partial charge in [0, 0.05) is 30.9 Å². The average Bonchev–Trinajstić information content (AvgIpc) is 2.47. The molecule has 21 heavy (non-hydrogen) atoms. The molecular weight excluding hydrogens is 266 g/mol. The Morgan fingerprint density at radius 1 is 1.48 bits per heavy atom. The topological polar surface area (TPSA) is 53.6 Å². The molecule has 0 spiro atoms. The predicted molar refractivity (Wildman–Crippen MR) is 84.7 cm³/mol. The van der Waals surface area contributed by atoms with Crippen LogP contribution in [0.25, 0.3) is 0 Å². The van der Waals surface area contributed by atoms with Crippen LogP contribution in [0, 0.1) is 5.92 Å². The third kappa shape index (κ3) is 4.44. The first-order chi connectivity index (χ1) is 10.1. The van der Waals surface area contributed by atoms with Crippen LogP contribution in [0.1, 0.15) is 13.3 Å². The second kappa shape index (κ2) is 7.43. The number of carbonyl (C=O) groups is 1. The summed E-state index contributed by atoms with van der Waals surface area (Å²) in [5.41, 5.74) is 0.775. The third-order valence-corrected chi connectivity index (χ3v) is 4.08. The maximum Gasteiger partial charge on any atom is 0.238 e. The minimum atomic E-state index is 0.0263. The molecule has 1 aromatic carbocycles. The Hall–Kier alpha value is -1.59. The van der Waals surface area contributed by atoms with Crippen LogP contribution in [0.4, 0.5) is 5.69 Å². The van der Waals surface area contributed by atoms with Crippen LogP contribution < -0.4 is 15.4 Å². The van der Waals surface area contributed by atoms with Gasteiger partial charge in [-0.25, -0.2) is 0 Å².